The first-order chi connectivity index (χ1) is 15.6. The summed E-state index contributed by atoms with van der Waals surface area (Å²) in [4.78, 5) is 19.5. The highest BCUT2D eigenvalue weighted by atomic mass is 35.5. The molecule has 7 nitrogen and oxygen atoms in total. The van der Waals surface area contributed by atoms with Crippen molar-refractivity contribution in [2.45, 2.75) is 13.0 Å². The number of pyridine rings is 1. The Balaban J connectivity index is 1.79. The smallest absolute Gasteiger partial charge is 0.272 e. The fourth-order valence-electron chi connectivity index (χ4n) is 3.50. The number of hydrogen-bond donors (Lipinski definition) is 0. The van der Waals surface area contributed by atoms with Crippen molar-refractivity contribution in [3.8, 4) is 23.1 Å². The summed E-state index contributed by atoms with van der Waals surface area (Å²) in [5, 5.41) is 14.3. The van der Waals surface area contributed by atoms with E-state index in [9.17, 15) is 4.79 Å². The topological polar surface area (TPSA) is 79.7 Å². The van der Waals surface area contributed by atoms with E-state index in [0.29, 0.717) is 28.6 Å². The van der Waals surface area contributed by atoms with Gasteiger partial charge in [-0.25, -0.2) is 4.68 Å². The molecule has 160 valence electrons. The van der Waals surface area contributed by atoms with E-state index in [0.717, 1.165) is 11.3 Å². The summed E-state index contributed by atoms with van der Waals surface area (Å²) in [6.45, 7) is 0.624. The number of nitriles is 1. The fraction of sp³-hybridized carbons (Fsp3) is 0.167. The van der Waals surface area contributed by atoms with Crippen molar-refractivity contribution < 1.29 is 4.79 Å². The van der Waals surface area contributed by atoms with Crippen LogP contribution >= 0.6 is 11.6 Å². The lowest BCUT2D eigenvalue weighted by Gasteiger charge is -2.22. The summed E-state index contributed by atoms with van der Waals surface area (Å²) in [6, 6.07) is 18.7. The molecule has 0 aliphatic heterocycles. The Morgan fingerprint density at radius 2 is 2.03 bits per heavy atom. The lowest BCUT2D eigenvalue weighted by Crippen LogP contribution is -2.33. The van der Waals surface area contributed by atoms with E-state index in [2.05, 4.69) is 11.1 Å². The SMILES string of the molecule is Cn1cccc1-c1cc(C(=O)N(CCC#N)Cc2cccnc2)n(-c2ccccc2Cl)n1. The van der Waals surface area contributed by atoms with Gasteiger partial charge in [-0.2, -0.15) is 10.4 Å². The average Bonchev–Trinajstić information content (AvgIpc) is 3.43. The number of amides is 1. The molecule has 0 aliphatic rings. The molecule has 0 bridgehead atoms. The Hall–Kier alpha value is -3.89. The number of hydrogen-bond acceptors (Lipinski definition) is 4. The molecule has 1 amide bonds. The zero-order valence-corrected chi connectivity index (χ0v) is 18.3. The third-order valence-electron chi connectivity index (χ3n) is 5.09. The number of carbonyl (C=O) groups is 1. The molecule has 0 fully saturated rings. The molecule has 0 N–H and O–H groups in total. The summed E-state index contributed by atoms with van der Waals surface area (Å²) in [5.74, 6) is -0.239. The van der Waals surface area contributed by atoms with Crippen molar-refractivity contribution >= 4 is 17.5 Å². The van der Waals surface area contributed by atoms with E-state index in [1.54, 1.807) is 34.1 Å². The molecular weight excluding hydrogens is 424 g/mol. The first-order valence-corrected chi connectivity index (χ1v) is 10.5. The number of halogens is 1. The zero-order valence-electron chi connectivity index (χ0n) is 17.5. The fourth-order valence-corrected chi connectivity index (χ4v) is 3.72. The summed E-state index contributed by atoms with van der Waals surface area (Å²) >= 11 is 6.45. The van der Waals surface area contributed by atoms with Gasteiger partial charge in [0.25, 0.3) is 5.91 Å². The first kappa shape index (κ1) is 21.3. The van der Waals surface area contributed by atoms with Gasteiger partial charge in [0.15, 0.2) is 0 Å². The van der Waals surface area contributed by atoms with Crippen LogP contribution in [0.2, 0.25) is 5.02 Å². The van der Waals surface area contributed by atoms with E-state index in [-0.39, 0.29) is 18.9 Å². The standard InChI is InChI=1S/C24H21ClN6O/c1-29-13-5-10-22(29)20-15-23(31(28-20)21-9-3-2-8-19(21)25)24(32)30(14-6-11-26)17-18-7-4-12-27-16-18/h2-5,7-10,12-13,15-16H,6,14,17H2,1H3. The molecule has 8 heteroatoms. The van der Waals surface area contributed by atoms with Crippen LogP contribution in [0, 0.1) is 11.3 Å². The van der Waals surface area contributed by atoms with Crippen molar-refractivity contribution in [3.05, 3.63) is 89.5 Å². The average molecular weight is 445 g/mol. The molecule has 0 spiro atoms. The first-order valence-electron chi connectivity index (χ1n) is 10.1. The second kappa shape index (κ2) is 9.50. The number of benzene rings is 1. The summed E-state index contributed by atoms with van der Waals surface area (Å²) in [6.07, 6.45) is 5.54. The number of aryl methyl sites for hydroxylation is 1. The van der Waals surface area contributed by atoms with Crippen LogP contribution in [-0.2, 0) is 13.6 Å². The number of para-hydroxylation sites is 1. The predicted molar refractivity (Wildman–Crippen MR) is 122 cm³/mol. The van der Waals surface area contributed by atoms with Crippen LogP contribution < -0.4 is 0 Å². The molecule has 3 aromatic heterocycles. The lowest BCUT2D eigenvalue weighted by atomic mass is 10.2. The van der Waals surface area contributed by atoms with Gasteiger partial charge >= 0.3 is 0 Å². The third-order valence-corrected chi connectivity index (χ3v) is 5.41. The van der Waals surface area contributed by atoms with Crippen LogP contribution in [0.4, 0.5) is 0 Å². The molecule has 0 unspecified atom stereocenters. The van der Waals surface area contributed by atoms with E-state index >= 15 is 0 Å². The molecular formula is C24H21ClN6O. The molecule has 0 aliphatic carbocycles. The Bertz CT molecular complexity index is 1270. The molecule has 3 heterocycles. The van der Waals surface area contributed by atoms with Gasteiger partial charge < -0.3 is 9.47 Å². The van der Waals surface area contributed by atoms with Crippen LogP contribution in [0.1, 0.15) is 22.5 Å². The molecule has 0 saturated heterocycles. The Kier molecular flexibility index (Phi) is 6.34. The van der Waals surface area contributed by atoms with Gasteiger partial charge in [0.1, 0.15) is 11.4 Å². The van der Waals surface area contributed by atoms with E-state index in [4.69, 9.17) is 22.0 Å². The summed E-state index contributed by atoms with van der Waals surface area (Å²) < 4.78 is 3.52. The van der Waals surface area contributed by atoms with Gasteiger partial charge in [0.05, 0.1) is 28.9 Å². The third kappa shape index (κ3) is 4.41. The maximum absolute atomic E-state index is 13.7. The second-order valence-electron chi connectivity index (χ2n) is 7.28. The molecule has 4 aromatic rings. The van der Waals surface area contributed by atoms with Crippen LogP contribution in [0.25, 0.3) is 17.1 Å². The van der Waals surface area contributed by atoms with E-state index < -0.39 is 0 Å². The van der Waals surface area contributed by atoms with Gasteiger partial charge in [-0.1, -0.05) is 29.8 Å². The van der Waals surface area contributed by atoms with Gasteiger partial charge in [0, 0.05) is 38.7 Å². The van der Waals surface area contributed by atoms with Crippen molar-refractivity contribution in [2.75, 3.05) is 6.54 Å². The minimum absolute atomic E-state index is 0.219. The Morgan fingerprint density at radius 1 is 1.19 bits per heavy atom. The Morgan fingerprint density at radius 3 is 2.72 bits per heavy atom. The monoisotopic (exact) mass is 444 g/mol. The van der Waals surface area contributed by atoms with Crippen LogP contribution in [0.3, 0.4) is 0 Å². The quantitative estimate of drug-likeness (QED) is 0.421. The normalized spacial score (nSPS) is 10.7. The Labute approximate surface area is 191 Å². The van der Waals surface area contributed by atoms with Gasteiger partial charge in [0.2, 0.25) is 0 Å². The molecule has 0 atom stereocenters. The van der Waals surface area contributed by atoms with Gasteiger partial charge in [-0.05, 0) is 42.0 Å². The molecule has 1 aromatic carbocycles. The van der Waals surface area contributed by atoms with Crippen LogP contribution in [0.15, 0.2) is 73.2 Å². The van der Waals surface area contributed by atoms with E-state index in [1.165, 1.54) is 0 Å². The lowest BCUT2D eigenvalue weighted by molar-refractivity contribution is 0.0737. The number of rotatable bonds is 7. The van der Waals surface area contributed by atoms with Crippen molar-refractivity contribution in [1.29, 1.82) is 5.26 Å². The van der Waals surface area contributed by atoms with Crippen molar-refractivity contribution in [3.63, 3.8) is 0 Å². The maximum atomic E-state index is 13.7. The summed E-state index contributed by atoms with van der Waals surface area (Å²) in [7, 11) is 1.92. The number of nitrogens with zero attached hydrogens (tertiary/aromatic N) is 6. The van der Waals surface area contributed by atoms with Gasteiger partial charge in [-0.3, -0.25) is 9.78 Å². The highest BCUT2D eigenvalue weighted by molar-refractivity contribution is 6.32. The molecule has 4 rings (SSSR count). The van der Waals surface area contributed by atoms with E-state index in [1.807, 2.05) is 60.3 Å². The van der Waals surface area contributed by atoms with Crippen molar-refractivity contribution in [1.82, 2.24) is 24.2 Å². The molecule has 0 radical (unpaired) electrons. The highest BCUT2D eigenvalue weighted by Crippen LogP contribution is 2.27. The minimum Gasteiger partial charge on any atom is -0.349 e. The molecule has 0 saturated carbocycles. The van der Waals surface area contributed by atoms with Crippen LogP contribution in [-0.4, -0.2) is 36.7 Å². The second-order valence-corrected chi connectivity index (χ2v) is 7.69. The highest BCUT2D eigenvalue weighted by Gasteiger charge is 2.24. The number of carbonyl (C=O) groups excluding carboxylic acids is 1. The van der Waals surface area contributed by atoms with Crippen LogP contribution in [0.5, 0.6) is 0 Å². The summed E-state index contributed by atoms with van der Waals surface area (Å²) in [5.41, 5.74) is 3.39. The molecule has 32 heavy (non-hydrogen) atoms. The van der Waals surface area contributed by atoms with Gasteiger partial charge in [-0.15, -0.1) is 0 Å². The maximum Gasteiger partial charge on any atom is 0.272 e. The number of aromatic nitrogens is 4. The minimum atomic E-state index is -0.239. The predicted octanol–water partition coefficient (Wildman–Crippen LogP) is 4.48. The van der Waals surface area contributed by atoms with Crippen molar-refractivity contribution in [2.24, 2.45) is 7.05 Å². The zero-order chi connectivity index (χ0) is 22.5. The largest absolute Gasteiger partial charge is 0.349 e.